The van der Waals surface area contributed by atoms with Crippen molar-refractivity contribution in [2.45, 2.75) is 51.4 Å². The van der Waals surface area contributed by atoms with Gasteiger partial charge in [0.15, 0.2) is 0 Å². The van der Waals surface area contributed by atoms with Crippen LogP contribution in [0.15, 0.2) is 0 Å². The molecule has 1 fully saturated rings. The summed E-state index contributed by atoms with van der Waals surface area (Å²) in [4.78, 5) is 0. The summed E-state index contributed by atoms with van der Waals surface area (Å²) < 4.78 is 0. The molecule has 0 aliphatic carbocycles. The van der Waals surface area contributed by atoms with E-state index in [-0.39, 0.29) is 0 Å². The molecule has 0 aromatic heterocycles. The van der Waals surface area contributed by atoms with Crippen molar-refractivity contribution in [3.63, 3.8) is 0 Å². The Morgan fingerprint density at radius 1 is 0.192 bits per heavy atom. The predicted octanol–water partition coefficient (Wildman–Crippen LogP) is 0.658. The van der Waals surface area contributed by atoms with Crippen molar-refractivity contribution in [3.8, 4) is 0 Å². The molecule has 1 saturated heterocycles. The molecule has 0 bridgehead atoms. The van der Waals surface area contributed by atoms with E-state index in [1.807, 2.05) is 0 Å². The Kier molecular flexibility index (Phi) is 19.3. The molecule has 6 N–H and O–H groups in total. The molecule has 0 aromatic rings. The van der Waals surface area contributed by atoms with Gasteiger partial charge < -0.3 is 31.9 Å². The lowest BCUT2D eigenvalue weighted by atomic mass is 10.3. The van der Waals surface area contributed by atoms with Crippen molar-refractivity contribution in [1.29, 1.82) is 0 Å². The van der Waals surface area contributed by atoms with E-state index in [4.69, 9.17) is 0 Å². The highest BCUT2D eigenvalue weighted by Gasteiger charge is 1.94. The maximum absolute atomic E-state index is 3.55. The Morgan fingerprint density at radius 2 is 0.346 bits per heavy atom. The lowest BCUT2D eigenvalue weighted by molar-refractivity contribution is 0.526. The number of nitrogens with one attached hydrogen (secondary N) is 6. The third kappa shape index (κ3) is 18.5. The Hall–Kier alpha value is -0.240. The molecular weight excluding hydrogens is 324 g/mol. The van der Waals surface area contributed by atoms with Gasteiger partial charge in [-0.3, -0.25) is 0 Å². The van der Waals surface area contributed by atoms with Gasteiger partial charge in [-0.25, -0.2) is 0 Å². The zero-order chi connectivity index (χ0) is 18.4. The van der Waals surface area contributed by atoms with Crippen LogP contribution in [0.2, 0.25) is 0 Å². The Morgan fingerprint density at radius 3 is 0.538 bits per heavy atom. The summed E-state index contributed by atoms with van der Waals surface area (Å²) >= 11 is 0. The Labute approximate surface area is 162 Å². The maximum atomic E-state index is 3.55. The number of hydrogen-bond donors (Lipinski definition) is 6. The first-order valence-electron chi connectivity index (χ1n) is 11.2. The molecule has 6 nitrogen and oxygen atoms in total. The Bertz CT molecular complexity index is 142. The maximum Gasteiger partial charge on any atom is -0.00368 e. The lowest BCUT2D eigenvalue weighted by Crippen LogP contribution is -2.27. The van der Waals surface area contributed by atoms with Crippen molar-refractivity contribution < 1.29 is 0 Å². The zero-order valence-corrected chi connectivity index (χ0v) is 17.1. The second-order valence-corrected chi connectivity index (χ2v) is 7.33. The van der Waals surface area contributed by atoms with E-state index in [1.54, 1.807) is 0 Å². The van der Waals surface area contributed by atoms with Gasteiger partial charge in [-0.1, -0.05) is 0 Å². The van der Waals surface area contributed by atoms with Gasteiger partial charge in [-0.2, -0.15) is 0 Å². The highest BCUT2D eigenvalue weighted by atomic mass is 14.9. The smallest absolute Gasteiger partial charge is 0.00368 e. The minimum absolute atomic E-state index is 1.13. The quantitative estimate of drug-likeness (QED) is 0.376. The minimum Gasteiger partial charge on any atom is -0.317 e. The van der Waals surface area contributed by atoms with Crippen LogP contribution in [0.25, 0.3) is 0 Å². The van der Waals surface area contributed by atoms with Crippen LogP contribution < -0.4 is 31.9 Å². The fourth-order valence-electron chi connectivity index (χ4n) is 3.10. The van der Waals surface area contributed by atoms with Crippen molar-refractivity contribution in [1.82, 2.24) is 31.9 Å². The molecule has 0 unspecified atom stereocenters. The van der Waals surface area contributed by atoms with Crippen LogP contribution in [0.3, 0.4) is 0 Å². The molecule has 1 aliphatic rings. The summed E-state index contributed by atoms with van der Waals surface area (Å²) in [5.41, 5.74) is 0. The third-order valence-corrected chi connectivity index (χ3v) is 4.74. The first kappa shape index (κ1) is 23.8. The van der Waals surface area contributed by atoms with Gasteiger partial charge in [0.05, 0.1) is 0 Å². The van der Waals surface area contributed by atoms with Crippen molar-refractivity contribution in [2.24, 2.45) is 0 Å². The molecule has 0 radical (unpaired) electrons. The summed E-state index contributed by atoms with van der Waals surface area (Å²) in [5.74, 6) is 0. The average molecular weight is 371 g/mol. The second-order valence-electron chi connectivity index (χ2n) is 7.33. The van der Waals surface area contributed by atoms with Gasteiger partial charge in [-0.05, 0) is 130 Å². The molecule has 0 amide bonds. The fraction of sp³-hybridized carbons (Fsp3) is 1.00. The second kappa shape index (κ2) is 21.1. The number of rotatable bonds is 0. The summed E-state index contributed by atoms with van der Waals surface area (Å²) in [6, 6.07) is 0. The van der Waals surface area contributed by atoms with Crippen LogP contribution in [0.5, 0.6) is 0 Å². The van der Waals surface area contributed by atoms with Gasteiger partial charge >= 0.3 is 0 Å². The first-order chi connectivity index (χ1) is 13.0. The van der Waals surface area contributed by atoms with Crippen LogP contribution in [-0.4, -0.2) is 78.5 Å². The van der Waals surface area contributed by atoms with Crippen LogP contribution in [0, 0.1) is 0 Å². The summed E-state index contributed by atoms with van der Waals surface area (Å²) in [6.07, 6.45) is 10.0. The summed E-state index contributed by atoms with van der Waals surface area (Å²) in [5, 5.41) is 21.3. The van der Waals surface area contributed by atoms with E-state index in [0.717, 1.165) is 78.5 Å². The highest BCUT2D eigenvalue weighted by molar-refractivity contribution is 4.58. The topological polar surface area (TPSA) is 72.2 Å². The van der Waals surface area contributed by atoms with Crippen molar-refractivity contribution in [3.05, 3.63) is 0 Å². The van der Waals surface area contributed by atoms with Crippen molar-refractivity contribution in [2.75, 3.05) is 78.5 Å². The van der Waals surface area contributed by atoms with Gasteiger partial charge in [0.25, 0.3) is 0 Å². The molecule has 26 heavy (non-hydrogen) atoms. The molecule has 0 saturated carbocycles. The van der Waals surface area contributed by atoms with Crippen LogP contribution >= 0.6 is 0 Å². The van der Waals surface area contributed by atoms with Gasteiger partial charge in [-0.15, -0.1) is 0 Å². The predicted molar refractivity (Wildman–Crippen MR) is 114 cm³/mol. The average Bonchev–Trinajstić information content (AvgIpc) is 2.65. The first-order valence-corrected chi connectivity index (χ1v) is 11.2. The van der Waals surface area contributed by atoms with Crippen LogP contribution in [-0.2, 0) is 0 Å². The van der Waals surface area contributed by atoms with E-state index in [9.17, 15) is 0 Å². The normalized spacial score (nSPS) is 24.0. The summed E-state index contributed by atoms with van der Waals surface area (Å²) in [6.45, 7) is 13.7. The number of hydrogen-bond acceptors (Lipinski definition) is 6. The highest BCUT2D eigenvalue weighted by Crippen LogP contribution is 1.87. The van der Waals surface area contributed by atoms with Gasteiger partial charge in [0, 0.05) is 0 Å². The van der Waals surface area contributed by atoms with Crippen LogP contribution in [0.1, 0.15) is 51.4 Å². The lowest BCUT2D eigenvalue weighted by Gasteiger charge is -2.09. The van der Waals surface area contributed by atoms with Crippen LogP contribution in [0.4, 0.5) is 0 Å². The van der Waals surface area contributed by atoms with Crippen molar-refractivity contribution >= 4 is 0 Å². The molecule has 6 heteroatoms. The molecule has 1 heterocycles. The molecule has 1 aliphatic heterocycles. The standard InChI is InChI=1S/C20H46N6/c1-2-10-22-14-6-18-26-20-8-16-24-12-4-3-11-23-15-7-19-25-17-5-13-21-9-1/h21-26H,1-20H2. The fourth-order valence-corrected chi connectivity index (χ4v) is 3.10. The van der Waals surface area contributed by atoms with E-state index in [0.29, 0.717) is 0 Å². The molecule has 0 atom stereocenters. The molecule has 156 valence electrons. The largest absolute Gasteiger partial charge is 0.317 e. The monoisotopic (exact) mass is 370 g/mol. The Balaban J connectivity index is 2.00. The molecule has 0 spiro atoms. The molecule has 0 aromatic carbocycles. The van der Waals surface area contributed by atoms with E-state index < -0.39 is 0 Å². The SMILES string of the molecule is C1CCNCCCNCCCNCCCCNCCCNCCCNC1. The zero-order valence-electron chi connectivity index (χ0n) is 17.1. The van der Waals surface area contributed by atoms with E-state index in [2.05, 4.69) is 31.9 Å². The van der Waals surface area contributed by atoms with E-state index >= 15 is 0 Å². The minimum atomic E-state index is 1.13. The van der Waals surface area contributed by atoms with E-state index in [1.165, 1.54) is 51.4 Å². The van der Waals surface area contributed by atoms with Gasteiger partial charge in [0.2, 0.25) is 0 Å². The third-order valence-electron chi connectivity index (χ3n) is 4.74. The summed E-state index contributed by atoms with van der Waals surface area (Å²) in [7, 11) is 0. The molecule has 1 rings (SSSR count). The molecular formula is C20H46N6. The van der Waals surface area contributed by atoms with Gasteiger partial charge in [0.1, 0.15) is 0 Å².